The van der Waals surface area contributed by atoms with E-state index in [2.05, 4.69) is 31.3 Å². The van der Waals surface area contributed by atoms with Gasteiger partial charge in [0.2, 0.25) is 5.91 Å². The SMILES string of the molecule is CCCCCCCCCCCCCCCC/C=C/CCCC(O)C(O)C(CO)NC(=O)CCCCCCCCCCCCCCCCCCCCCCCCCCCCCCCCCCCCCCCCC. The molecule has 0 aromatic rings. The number of aliphatic hydroxyl groups excluding tert-OH is 3. The monoisotopic (exact) mass is 1020 g/mol. The lowest BCUT2D eigenvalue weighted by Gasteiger charge is -2.26. The third kappa shape index (κ3) is 56.8. The van der Waals surface area contributed by atoms with Gasteiger partial charge in [0.05, 0.1) is 18.8 Å². The van der Waals surface area contributed by atoms with Gasteiger partial charge in [0, 0.05) is 6.42 Å². The van der Waals surface area contributed by atoms with Crippen molar-refractivity contribution >= 4 is 5.91 Å². The molecule has 0 aliphatic rings. The highest BCUT2D eigenvalue weighted by molar-refractivity contribution is 5.76. The molecule has 430 valence electrons. The molecule has 1 amide bonds. The molecule has 0 aromatic carbocycles. The van der Waals surface area contributed by atoms with E-state index in [9.17, 15) is 20.1 Å². The number of hydrogen-bond acceptors (Lipinski definition) is 4. The van der Waals surface area contributed by atoms with Crippen LogP contribution in [0.5, 0.6) is 0 Å². The molecule has 0 aromatic heterocycles. The molecule has 5 nitrogen and oxygen atoms in total. The molecule has 0 rings (SSSR count). The molecule has 3 unspecified atom stereocenters. The van der Waals surface area contributed by atoms with Crippen LogP contribution < -0.4 is 5.32 Å². The largest absolute Gasteiger partial charge is 0.394 e. The maximum Gasteiger partial charge on any atom is 0.220 e. The van der Waals surface area contributed by atoms with Crippen LogP contribution >= 0.6 is 0 Å². The van der Waals surface area contributed by atoms with Gasteiger partial charge in [-0.15, -0.1) is 0 Å². The Morgan fingerprint density at radius 1 is 0.333 bits per heavy atom. The van der Waals surface area contributed by atoms with Crippen LogP contribution in [0.1, 0.15) is 386 Å². The van der Waals surface area contributed by atoms with Crippen molar-refractivity contribution in [3.05, 3.63) is 12.2 Å². The smallest absolute Gasteiger partial charge is 0.220 e. The highest BCUT2D eigenvalue weighted by Crippen LogP contribution is 2.19. The van der Waals surface area contributed by atoms with Crippen molar-refractivity contribution in [3.63, 3.8) is 0 Å². The second-order valence-corrected chi connectivity index (χ2v) is 23.4. The zero-order chi connectivity index (χ0) is 52.2. The number of nitrogens with one attached hydrogen (secondary N) is 1. The van der Waals surface area contributed by atoms with E-state index in [1.807, 2.05) is 0 Å². The highest BCUT2D eigenvalue weighted by Gasteiger charge is 2.26. The Bertz CT molecular complexity index is 1030. The van der Waals surface area contributed by atoms with Gasteiger partial charge in [0.1, 0.15) is 6.10 Å². The second kappa shape index (κ2) is 62.6. The van der Waals surface area contributed by atoms with Crippen molar-refractivity contribution in [3.8, 4) is 0 Å². The van der Waals surface area contributed by atoms with Crippen LogP contribution in [0.25, 0.3) is 0 Å². The molecule has 5 heteroatoms. The number of aliphatic hydroxyl groups is 3. The Balaban J connectivity index is 3.42. The van der Waals surface area contributed by atoms with Gasteiger partial charge < -0.3 is 20.6 Å². The minimum atomic E-state index is -1.16. The van der Waals surface area contributed by atoms with Gasteiger partial charge in [-0.25, -0.2) is 0 Å². The van der Waals surface area contributed by atoms with Crippen LogP contribution in [0.2, 0.25) is 0 Å². The summed E-state index contributed by atoms with van der Waals surface area (Å²) in [5.41, 5.74) is 0. The number of carbonyl (C=O) groups excluding carboxylic acids is 1. The summed E-state index contributed by atoms with van der Waals surface area (Å²) in [7, 11) is 0. The first kappa shape index (κ1) is 71.1. The fourth-order valence-corrected chi connectivity index (χ4v) is 11.0. The van der Waals surface area contributed by atoms with Gasteiger partial charge >= 0.3 is 0 Å². The van der Waals surface area contributed by atoms with Crippen LogP contribution in [0.15, 0.2) is 12.2 Å². The number of rotatable bonds is 63. The van der Waals surface area contributed by atoms with E-state index in [-0.39, 0.29) is 12.5 Å². The van der Waals surface area contributed by atoms with Crippen LogP contribution in [0, 0.1) is 0 Å². The van der Waals surface area contributed by atoms with Crippen LogP contribution in [0.3, 0.4) is 0 Å². The van der Waals surface area contributed by atoms with E-state index in [0.29, 0.717) is 12.8 Å². The molecule has 0 spiro atoms. The van der Waals surface area contributed by atoms with Crippen molar-refractivity contribution in [2.45, 2.75) is 405 Å². The molecule has 72 heavy (non-hydrogen) atoms. The summed E-state index contributed by atoms with van der Waals surface area (Å²) in [6, 6.07) is -0.823. The molecular formula is C67H133NO4. The molecule has 4 N–H and O–H groups in total. The van der Waals surface area contributed by atoms with Crippen LogP contribution in [-0.2, 0) is 4.79 Å². The number of carbonyl (C=O) groups is 1. The quantitative estimate of drug-likeness (QED) is 0.0361. The first-order chi connectivity index (χ1) is 35.6. The summed E-state index contributed by atoms with van der Waals surface area (Å²) >= 11 is 0. The van der Waals surface area contributed by atoms with Gasteiger partial charge in [-0.1, -0.05) is 353 Å². The maximum absolute atomic E-state index is 12.5. The van der Waals surface area contributed by atoms with Crippen molar-refractivity contribution < 1.29 is 20.1 Å². The van der Waals surface area contributed by atoms with E-state index in [1.54, 1.807) is 0 Å². The molecular weight excluding hydrogens is 883 g/mol. The molecule has 0 saturated carbocycles. The number of allylic oxidation sites excluding steroid dienone is 2. The third-order valence-corrected chi connectivity index (χ3v) is 16.1. The average Bonchev–Trinajstić information content (AvgIpc) is 3.39. The molecule has 0 aliphatic heterocycles. The van der Waals surface area contributed by atoms with E-state index >= 15 is 0 Å². The zero-order valence-electron chi connectivity index (χ0n) is 49.4. The average molecular weight is 1020 g/mol. The molecule has 0 radical (unpaired) electrons. The number of amides is 1. The number of unbranched alkanes of at least 4 members (excludes halogenated alkanes) is 53. The van der Waals surface area contributed by atoms with Gasteiger partial charge in [-0.05, 0) is 38.5 Å². The highest BCUT2D eigenvalue weighted by atomic mass is 16.3. The normalized spacial score (nSPS) is 13.1. The molecule has 0 aliphatic carbocycles. The van der Waals surface area contributed by atoms with Gasteiger partial charge in [-0.2, -0.15) is 0 Å². The molecule has 0 saturated heterocycles. The van der Waals surface area contributed by atoms with Crippen molar-refractivity contribution in [2.24, 2.45) is 0 Å². The summed E-state index contributed by atoms with van der Waals surface area (Å²) < 4.78 is 0. The van der Waals surface area contributed by atoms with E-state index in [1.165, 1.54) is 321 Å². The minimum absolute atomic E-state index is 0.145. The lowest BCUT2D eigenvalue weighted by atomic mass is 10.0. The number of hydrogen-bond donors (Lipinski definition) is 4. The minimum Gasteiger partial charge on any atom is -0.394 e. The lowest BCUT2D eigenvalue weighted by Crippen LogP contribution is -2.50. The van der Waals surface area contributed by atoms with Crippen molar-refractivity contribution in [1.29, 1.82) is 0 Å². The lowest BCUT2D eigenvalue weighted by molar-refractivity contribution is -0.124. The fraction of sp³-hybridized carbons (Fsp3) is 0.955. The predicted molar refractivity (Wildman–Crippen MR) is 319 cm³/mol. The molecule has 0 fully saturated rings. The van der Waals surface area contributed by atoms with E-state index in [0.717, 1.165) is 38.5 Å². The van der Waals surface area contributed by atoms with E-state index in [4.69, 9.17) is 0 Å². The Morgan fingerprint density at radius 2 is 0.556 bits per heavy atom. The standard InChI is InChI=1S/C67H133NO4/c1-3-5-7-9-11-13-15-17-19-21-23-24-25-26-27-28-29-30-31-32-33-34-35-36-37-38-39-40-41-42-44-46-48-50-52-54-56-58-60-62-66(71)68-64(63-69)67(72)65(70)61-59-57-55-53-51-49-47-45-43-22-20-18-16-14-12-10-8-6-4-2/h53,55,64-65,67,69-70,72H,3-52,54,56-63H2,1-2H3,(H,68,71)/b55-53+. The zero-order valence-corrected chi connectivity index (χ0v) is 49.4. The Kier molecular flexibility index (Phi) is 61.8. The summed E-state index contributed by atoms with van der Waals surface area (Å²) in [5.74, 6) is -0.145. The van der Waals surface area contributed by atoms with Gasteiger partial charge in [0.25, 0.3) is 0 Å². The summed E-state index contributed by atoms with van der Waals surface area (Å²) in [6.07, 6.45) is 80.1. The summed E-state index contributed by atoms with van der Waals surface area (Å²) in [6.45, 7) is 4.22. The first-order valence-electron chi connectivity index (χ1n) is 33.5. The Hall–Kier alpha value is -0.910. The summed E-state index contributed by atoms with van der Waals surface area (Å²) in [5, 5.41) is 33.8. The van der Waals surface area contributed by atoms with Crippen LogP contribution in [0.4, 0.5) is 0 Å². The van der Waals surface area contributed by atoms with E-state index < -0.39 is 18.2 Å². The predicted octanol–water partition coefficient (Wildman–Crippen LogP) is 21.4. The van der Waals surface area contributed by atoms with Crippen molar-refractivity contribution in [1.82, 2.24) is 5.32 Å². The Labute approximate surface area is 452 Å². The molecule has 3 atom stereocenters. The fourth-order valence-electron chi connectivity index (χ4n) is 11.0. The third-order valence-electron chi connectivity index (χ3n) is 16.1. The van der Waals surface area contributed by atoms with Crippen LogP contribution in [-0.4, -0.2) is 46.1 Å². The summed E-state index contributed by atoms with van der Waals surface area (Å²) in [4.78, 5) is 12.5. The topological polar surface area (TPSA) is 89.8 Å². The van der Waals surface area contributed by atoms with Gasteiger partial charge in [0.15, 0.2) is 0 Å². The van der Waals surface area contributed by atoms with Gasteiger partial charge in [-0.3, -0.25) is 4.79 Å². The van der Waals surface area contributed by atoms with Crippen molar-refractivity contribution in [2.75, 3.05) is 6.61 Å². The Morgan fingerprint density at radius 3 is 0.806 bits per heavy atom. The maximum atomic E-state index is 12.5. The molecule has 0 bridgehead atoms. The first-order valence-corrected chi connectivity index (χ1v) is 33.5. The molecule has 0 heterocycles. The second-order valence-electron chi connectivity index (χ2n) is 23.4.